The zero-order valence-electron chi connectivity index (χ0n) is 29.2. The highest BCUT2D eigenvalue weighted by molar-refractivity contribution is 7.86. The fraction of sp³-hybridized carbons (Fsp3) is 0.686. The van der Waals surface area contributed by atoms with E-state index in [0.29, 0.717) is 55.6 Å². The second-order valence-electron chi connectivity index (χ2n) is 15.5. The highest BCUT2D eigenvalue weighted by atomic mass is 32.2. The molecular weight excluding hydrogens is 648 g/mol. The third-order valence-electron chi connectivity index (χ3n) is 11.5. The molecular formula is C35H51FN8O4S. The summed E-state index contributed by atoms with van der Waals surface area (Å²) in [5.74, 6) is 1.62. The molecule has 268 valence electrons. The Balaban J connectivity index is 0.917. The molecule has 14 heteroatoms. The van der Waals surface area contributed by atoms with Crippen LogP contribution in [-0.4, -0.2) is 126 Å². The van der Waals surface area contributed by atoms with Gasteiger partial charge in [0.15, 0.2) is 11.6 Å². The fourth-order valence-corrected chi connectivity index (χ4v) is 10.3. The number of halogens is 1. The van der Waals surface area contributed by atoms with Gasteiger partial charge in [-0.15, -0.1) is 0 Å². The van der Waals surface area contributed by atoms with E-state index < -0.39 is 16.0 Å². The number of likely N-dealkylation sites (tertiary alicyclic amines) is 1. The van der Waals surface area contributed by atoms with E-state index in [1.165, 1.54) is 24.5 Å². The summed E-state index contributed by atoms with van der Waals surface area (Å²) in [5, 5.41) is 3.35. The molecule has 2 atom stereocenters. The van der Waals surface area contributed by atoms with E-state index in [4.69, 9.17) is 4.74 Å². The van der Waals surface area contributed by atoms with E-state index in [9.17, 15) is 17.6 Å². The first-order chi connectivity index (χ1) is 23.4. The molecule has 0 saturated carbocycles. The topological polar surface area (TPSA) is 114 Å². The zero-order valence-corrected chi connectivity index (χ0v) is 30.0. The number of nitrogens with zero attached hydrogens (tertiary/aromatic N) is 7. The van der Waals surface area contributed by atoms with Crippen LogP contribution in [0.3, 0.4) is 0 Å². The van der Waals surface area contributed by atoms with Gasteiger partial charge in [0.05, 0.1) is 11.8 Å². The summed E-state index contributed by atoms with van der Waals surface area (Å²) in [5.41, 5.74) is 0.388. The van der Waals surface area contributed by atoms with Crippen LogP contribution in [0, 0.1) is 23.1 Å². The number of carbonyl (C=O) groups excluding carboxylic acids is 1. The van der Waals surface area contributed by atoms with Crippen molar-refractivity contribution >= 4 is 21.9 Å². The standard InChI is InChI=1S/C35H51FN8O4S/c1-24(2)44(25(3)4)34(45)29-15-28(36)5-6-31(29)48-32-17-37-23-39-33(32)41-21-35(22-41)9-13-40(14-10-35)18-26-7-11-42(12-8-26)49(46,47)43-19-27-16-38-30(27)20-43/h5-6,15,17,23-27,30,38H,7-14,16,18-22H2,1-4H3/t27-,30+/m0/s1. The van der Waals surface area contributed by atoms with E-state index >= 15 is 0 Å². The van der Waals surface area contributed by atoms with Crippen LogP contribution in [0.15, 0.2) is 30.7 Å². The average molecular weight is 699 g/mol. The molecule has 1 amide bonds. The number of hydrogen-bond donors (Lipinski definition) is 1. The lowest BCUT2D eigenvalue weighted by Crippen LogP contribution is -2.61. The minimum atomic E-state index is -3.36. The molecule has 7 rings (SSSR count). The Morgan fingerprint density at radius 3 is 2.37 bits per heavy atom. The van der Waals surface area contributed by atoms with Gasteiger partial charge in [-0.1, -0.05) is 0 Å². The zero-order chi connectivity index (χ0) is 34.5. The van der Waals surface area contributed by atoms with Crippen molar-refractivity contribution in [3.05, 3.63) is 42.1 Å². The van der Waals surface area contributed by atoms with Crippen LogP contribution in [0.2, 0.25) is 0 Å². The van der Waals surface area contributed by atoms with Crippen molar-refractivity contribution < 1.29 is 22.3 Å². The third-order valence-corrected chi connectivity index (χ3v) is 13.4. The summed E-state index contributed by atoms with van der Waals surface area (Å²) >= 11 is 0. The summed E-state index contributed by atoms with van der Waals surface area (Å²) in [4.78, 5) is 28.8. The van der Waals surface area contributed by atoms with Gasteiger partial charge in [-0.05, 0) is 90.6 Å². The number of fused-ring (bicyclic) bond motifs is 1. The highest BCUT2D eigenvalue weighted by Gasteiger charge is 2.47. The van der Waals surface area contributed by atoms with Gasteiger partial charge >= 0.3 is 0 Å². The predicted octanol–water partition coefficient (Wildman–Crippen LogP) is 3.43. The lowest BCUT2D eigenvalue weighted by molar-refractivity contribution is 0.0608. The molecule has 6 heterocycles. The number of hydrogen-bond acceptors (Lipinski definition) is 9. The summed E-state index contributed by atoms with van der Waals surface area (Å²) in [6, 6.07) is 4.26. The van der Waals surface area contributed by atoms with Crippen molar-refractivity contribution in [1.29, 1.82) is 0 Å². The number of anilines is 1. The number of carbonyl (C=O) groups is 1. The number of nitrogens with one attached hydrogen (secondary N) is 1. The molecule has 0 aliphatic carbocycles. The molecule has 5 aliphatic heterocycles. The van der Waals surface area contributed by atoms with Crippen molar-refractivity contribution in [2.45, 2.75) is 71.5 Å². The molecule has 1 aromatic carbocycles. The Morgan fingerprint density at radius 2 is 1.76 bits per heavy atom. The Hall–Kier alpha value is -2.91. The molecule has 1 aromatic heterocycles. The van der Waals surface area contributed by atoms with Crippen LogP contribution >= 0.6 is 0 Å². The maximum absolute atomic E-state index is 14.4. The predicted molar refractivity (Wildman–Crippen MR) is 185 cm³/mol. The molecule has 5 fully saturated rings. The van der Waals surface area contributed by atoms with Crippen LogP contribution in [0.25, 0.3) is 0 Å². The van der Waals surface area contributed by atoms with Gasteiger partial charge in [-0.25, -0.2) is 14.4 Å². The molecule has 0 radical (unpaired) electrons. The van der Waals surface area contributed by atoms with Gasteiger partial charge in [-0.2, -0.15) is 17.0 Å². The Bertz CT molecular complexity index is 1600. The quantitative estimate of drug-likeness (QED) is 0.399. The summed E-state index contributed by atoms with van der Waals surface area (Å²) in [6.07, 6.45) is 7.14. The third kappa shape index (κ3) is 6.91. The molecule has 49 heavy (non-hydrogen) atoms. The first kappa shape index (κ1) is 34.5. The first-order valence-corrected chi connectivity index (χ1v) is 19.4. The number of piperidine rings is 2. The van der Waals surface area contributed by atoms with Crippen molar-refractivity contribution in [2.75, 3.05) is 70.3 Å². The second-order valence-corrected chi connectivity index (χ2v) is 17.4. The minimum absolute atomic E-state index is 0.0624. The van der Waals surface area contributed by atoms with E-state index in [2.05, 4.69) is 25.1 Å². The smallest absolute Gasteiger partial charge is 0.282 e. The van der Waals surface area contributed by atoms with Gasteiger partial charge in [0, 0.05) is 81.8 Å². The van der Waals surface area contributed by atoms with Crippen LogP contribution in [0.4, 0.5) is 10.2 Å². The fourth-order valence-electron chi connectivity index (χ4n) is 8.59. The Labute approximate surface area is 290 Å². The molecule has 1 N–H and O–H groups in total. The van der Waals surface area contributed by atoms with E-state index in [0.717, 1.165) is 65.0 Å². The summed E-state index contributed by atoms with van der Waals surface area (Å²) in [7, 11) is -3.36. The van der Waals surface area contributed by atoms with Gasteiger partial charge in [0.25, 0.3) is 16.1 Å². The van der Waals surface area contributed by atoms with Crippen LogP contribution < -0.4 is 15.0 Å². The minimum Gasteiger partial charge on any atom is -0.451 e. The van der Waals surface area contributed by atoms with Crippen molar-refractivity contribution in [3.63, 3.8) is 0 Å². The molecule has 2 aromatic rings. The number of aromatic nitrogens is 2. The number of rotatable bonds is 10. The molecule has 12 nitrogen and oxygen atoms in total. The van der Waals surface area contributed by atoms with E-state index in [1.807, 2.05) is 27.7 Å². The van der Waals surface area contributed by atoms with Crippen LogP contribution in [-0.2, 0) is 10.2 Å². The maximum Gasteiger partial charge on any atom is 0.282 e. The number of ether oxygens (including phenoxy) is 1. The molecule has 0 unspecified atom stereocenters. The molecule has 0 bridgehead atoms. The number of amides is 1. The van der Waals surface area contributed by atoms with Gasteiger partial charge in [0.1, 0.15) is 17.9 Å². The lowest BCUT2D eigenvalue weighted by atomic mass is 9.72. The van der Waals surface area contributed by atoms with Crippen LogP contribution in [0.1, 0.15) is 63.7 Å². The van der Waals surface area contributed by atoms with Gasteiger partial charge in [-0.3, -0.25) is 4.79 Å². The van der Waals surface area contributed by atoms with E-state index in [-0.39, 0.29) is 34.7 Å². The highest BCUT2D eigenvalue weighted by Crippen LogP contribution is 2.45. The Kier molecular flexibility index (Phi) is 9.63. The first-order valence-electron chi connectivity index (χ1n) is 18.0. The van der Waals surface area contributed by atoms with Crippen molar-refractivity contribution in [2.24, 2.45) is 17.3 Å². The second kappa shape index (κ2) is 13.7. The van der Waals surface area contributed by atoms with Crippen LogP contribution in [0.5, 0.6) is 11.5 Å². The SMILES string of the molecule is CC(C)N(C(=O)c1cc(F)ccc1Oc1cncnc1N1CC2(CCN(CC3CCN(S(=O)(=O)N4C[C@@H]5CN[C@@H]5C4)CC3)CC2)C1)C(C)C. The summed E-state index contributed by atoms with van der Waals surface area (Å²) < 4.78 is 50.6. The molecule has 5 aliphatic rings. The number of benzene rings is 1. The van der Waals surface area contributed by atoms with Gasteiger partial charge < -0.3 is 24.8 Å². The Morgan fingerprint density at radius 1 is 1.04 bits per heavy atom. The van der Waals surface area contributed by atoms with Gasteiger partial charge in [0.2, 0.25) is 0 Å². The lowest BCUT2D eigenvalue weighted by Gasteiger charge is -2.54. The average Bonchev–Trinajstić information content (AvgIpc) is 3.35. The van der Waals surface area contributed by atoms with Crippen molar-refractivity contribution in [3.8, 4) is 11.5 Å². The molecule has 1 spiro atoms. The normalized spacial score (nSPS) is 25.0. The monoisotopic (exact) mass is 698 g/mol. The molecule has 5 saturated heterocycles. The largest absolute Gasteiger partial charge is 0.451 e. The van der Waals surface area contributed by atoms with Crippen molar-refractivity contribution in [1.82, 2.24) is 33.7 Å². The van der Waals surface area contributed by atoms with E-state index in [1.54, 1.807) is 19.7 Å². The summed E-state index contributed by atoms with van der Waals surface area (Å²) in [6.45, 7) is 16.0. The maximum atomic E-state index is 14.4.